The van der Waals surface area contributed by atoms with Crippen LogP contribution in [0.5, 0.6) is 0 Å². The molecule has 0 radical (unpaired) electrons. The zero-order valence-corrected chi connectivity index (χ0v) is 38.3. The van der Waals surface area contributed by atoms with Crippen LogP contribution in [0.3, 0.4) is 0 Å². The van der Waals surface area contributed by atoms with E-state index in [1.807, 2.05) is 0 Å². The van der Waals surface area contributed by atoms with Crippen molar-refractivity contribution in [2.24, 2.45) is 0 Å². The molecule has 11 aromatic rings. The second-order valence-electron chi connectivity index (χ2n) is 19.6. The summed E-state index contributed by atoms with van der Waals surface area (Å²) in [5, 5.41) is 2.23. The Morgan fingerprint density at radius 1 is 0.353 bits per heavy atom. The van der Waals surface area contributed by atoms with Crippen molar-refractivity contribution in [2.75, 3.05) is 4.90 Å². The van der Waals surface area contributed by atoms with Crippen molar-refractivity contribution in [3.8, 4) is 33.4 Å². The van der Waals surface area contributed by atoms with Gasteiger partial charge >= 0.3 is 0 Å². The average Bonchev–Trinajstić information content (AvgIpc) is 4.07. The third-order valence-electron chi connectivity index (χ3n) is 16.0. The van der Waals surface area contributed by atoms with E-state index >= 15 is 0 Å². The highest BCUT2D eigenvalue weighted by Gasteiger charge is 2.48. The van der Waals surface area contributed by atoms with Gasteiger partial charge in [-0.15, -0.1) is 0 Å². The van der Waals surface area contributed by atoms with Gasteiger partial charge in [-0.3, -0.25) is 0 Å². The topological polar surface area (TPSA) is 16.4 Å². The smallest absolute Gasteiger partial charge is 0.141 e. The molecular formula is C66H47NO. The van der Waals surface area contributed by atoms with E-state index in [4.69, 9.17) is 4.42 Å². The van der Waals surface area contributed by atoms with E-state index in [1.165, 1.54) is 77.9 Å². The summed E-state index contributed by atoms with van der Waals surface area (Å²) in [6.07, 6.45) is 0. The van der Waals surface area contributed by atoms with Gasteiger partial charge in [0.15, 0.2) is 0 Å². The lowest BCUT2D eigenvalue weighted by Crippen LogP contribution is -2.29. The number of para-hydroxylation sites is 1. The zero-order valence-electron chi connectivity index (χ0n) is 38.3. The fraction of sp³-hybridized carbons (Fsp3) is 0.0909. The average molecular weight is 870 g/mol. The van der Waals surface area contributed by atoms with Crippen LogP contribution in [-0.2, 0) is 16.2 Å². The SMILES string of the molecule is CC1(C)c2ccccc2-c2ccc(N(c3ccc4c(c3)C(c3ccccc3)(c3ccccc3)c3ccccc3-4)c3ccc4c(oc5ccccc54)c3C3(C)c4ccccc4-c4ccccc43)cc21. The number of rotatable bonds is 6. The monoisotopic (exact) mass is 869 g/mol. The Kier molecular flexibility index (Phi) is 8.12. The Morgan fingerprint density at radius 3 is 1.43 bits per heavy atom. The second-order valence-corrected chi connectivity index (χ2v) is 19.6. The standard InChI is InChI=1S/C66H47NO/c1-64(2)54-29-15-10-24-46(54)50-36-34-44(40-58(50)64)67(45-35-37-51-49-27-13-18-32-57(49)66(59(51)41-45,42-20-6-4-7-21-42)43-22-8-5-9-23-43)60-39-38-53-52-28-14-19-33-61(52)68-63(53)62(60)65(3)55-30-16-11-25-47(55)48-26-12-17-31-56(48)65/h4-41H,1-3H3. The van der Waals surface area contributed by atoms with Crippen LogP contribution in [0.25, 0.3) is 55.3 Å². The molecule has 2 heteroatoms. The number of furan rings is 1. The summed E-state index contributed by atoms with van der Waals surface area (Å²) in [4.78, 5) is 2.56. The van der Waals surface area contributed by atoms with E-state index < -0.39 is 10.8 Å². The molecular weight excluding hydrogens is 823 g/mol. The minimum atomic E-state index is -0.592. The Balaban J connectivity index is 1.12. The maximum atomic E-state index is 7.24. The number of nitrogens with zero attached hydrogens (tertiary/aromatic N) is 1. The Bertz CT molecular complexity index is 3770. The van der Waals surface area contributed by atoms with Gasteiger partial charge in [0, 0.05) is 38.5 Å². The Morgan fingerprint density at radius 2 is 0.809 bits per heavy atom. The highest BCUT2D eigenvalue weighted by Crippen LogP contribution is 2.61. The summed E-state index contributed by atoms with van der Waals surface area (Å²) in [6.45, 7) is 7.19. The number of fused-ring (bicyclic) bond motifs is 12. The molecule has 10 aromatic carbocycles. The maximum absolute atomic E-state index is 7.24. The quantitative estimate of drug-likeness (QED) is 0.166. The Hall–Kier alpha value is -8.20. The van der Waals surface area contributed by atoms with E-state index in [0.29, 0.717) is 0 Å². The first-order chi connectivity index (χ1) is 33.4. The van der Waals surface area contributed by atoms with Gasteiger partial charge in [0.05, 0.1) is 11.1 Å². The summed E-state index contributed by atoms with van der Waals surface area (Å²) in [6, 6.07) is 85.9. The van der Waals surface area contributed by atoms with E-state index in [9.17, 15) is 0 Å². The Labute approximate surface area is 397 Å². The third-order valence-corrected chi connectivity index (χ3v) is 16.0. The van der Waals surface area contributed by atoms with Crippen LogP contribution >= 0.6 is 0 Å². The fourth-order valence-electron chi connectivity index (χ4n) is 13.0. The molecule has 3 aliphatic rings. The molecule has 14 rings (SSSR count). The van der Waals surface area contributed by atoms with E-state index in [2.05, 4.69) is 256 Å². The van der Waals surface area contributed by atoms with Crippen molar-refractivity contribution < 1.29 is 4.42 Å². The minimum Gasteiger partial charge on any atom is -0.456 e. The van der Waals surface area contributed by atoms with E-state index in [0.717, 1.165) is 44.6 Å². The number of hydrogen-bond donors (Lipinski definition) is 0. The van der Waals surface area contributed by atoms with Gasteiger partial charge in [0.1, 0.15) is 11.2 Å². The zero-order chi connectivity index (χ0) is 45.4. The predicted octanol–water partition coefficient (Wildman–Crippen LogP) is 17.1. The first-order valence-corrected chi connectivity index (χ1v) is 23.9. The molecule has 0 aliphatic heterocycles. The summed E-state index contributed by atoms with van der Waals surface area (Å²) in [5.41, 5.74) is 22.8. The first kappa shape index (κ1) is 39.0. The molecule has 68 heavy (non-hydrogen) atoms. The maximum Gasteiger partial charge on any atom is 0.141 e. The molecule has 0 saturated carbocycles. The lowest BCUT2D eigenvalue weighted by molar-refractivity contribution is 0.638. The highest BCUT2D eigenvalue weighted by atomic mass is 16.3. The lowest BCUT2D eigenvalue weighted by atomic mass is 9.67. The molecule has 0 atom stereocenters. The van der Waals surface area contributed by atoms with Crippen molar-refractivity contribution >= 4 is 39.0 Å². The first-order valence-electron chi connectivity index (χ1n) is 23.9. The van der Waals surface area contributed by atoms with Crippen molar-refractivity contribution in [1.29, 1.82) is 0 Å². The predicted molar refractivity (Wildman–Crippen MR) is 281 cm³/mol. The number of hydrogen-bond acceptors (Lipinski definition) is 2. The van der Waals surface area contributed by atoms with E-state index in [-0.39, 0.29) is 5.41 Å². The molecule has 1 heterocycles. The van der Waals surface area contributed by atoms with Gasteiger partial charge in [-0.25, -0.2) is 0 Å². The molecule has 0 unspecified atom stereocenters. The largest absolute Gasteiger partial charge is 0.456 e. The molecule has 0 N–H and O–H groups in total. The second kappa shape index (κ2) is 14.2. The third kappa shape index (κ3) is 5.07. The fourth-order valence-corrected chi connectivity index (χ4v) is 13.0. The molecule has 322 valence electrons. The van der Waals surface area contributed by atoms with Crippen LogP contribution < -0.4 is 4.90 Å². The van der Waals surface area contributed by atoms with Crippen molar-refractivity contribution in [1.82, 2.24) is 0 Å². The van der Waals surface area contributed by atoms with Gasteiger partial charge in [0.2, 0.25) is 0 Å². The molecule has 3 aliphatic carbocycles. The van der Waals surface area contributed by atoms with Gasteiger partial charge < -0.3 is 9.32 Å². The van der Waals surface area contributed by atoms with Crippen molar-refractivity contribution in [3.63, 3.8) is 0 Å². The van der Waals surface area contributed by atoms with Gasteiger partial charge in [-0.05, 0) is 127 Å². The molecule has 2 nitrogen and oxygen atoms in total. The van der Waals surface area contributed by atoms with Crippen LogP contribution in [0, 0.1) is 0 Å². The van der Waals surface area contributed by atoms with Crippen LogP contribution in [0.15, 0.2) is 235 Å². The molecule has 0 spiro atoms. The molecule has 1 aromatic heterocycles. The number of benzene rings is 10. The van der Waals surface area contributed by atoms with Crippen LogP contribution in [0.2, 0.25) is 0 Å². The van der Waals surface area contributed by atoms with Crippen molar-refractivity contribution in [2.45, 2.75) is 37.0 Å². The molecule has 0 fully saturated rings. The van der Waals surface area contributed by atoms with Crippen LogP contribution in [-0.4, -0.2) is 0 Å². The lowest BCUT2D eigenvalue weighted by Gasteiger charge is -2.37. The molecule has 0 saturated heterocycles. The normalized spacial score (nSPS) is 15.0. The van der Waals surface area contributed by atoms with Gasteiger partial charge in [-0.2, -0.15) is 0 Å². The summed E-state index contributed by atoms with van der Waals surface area (Å²) in [5.74, 6) is 0. The molecule has 0 bridgehead atoms. The summed E-state index contributed by atoms with van der Waals surface area (Å²) >= 11 is 0. The van der Waals surface area contributed by atoms with Crippen LogP contribution in [0.1, 0.15) is 70.8 Å². The highest BCUT2D eigenvalue weighted by molar-refractivity contribution is 6.09. The summed E-state index contributed by atoms with van der Waals surface area (Å²) in [7, 11) is 0. The van der Waals surface area contributed by atoms with Crippen LogP contribution in [0.4, 0.5) is 17.1 Å². The molecule has 0 amide bonds. The summed E-state index contributed by atoms with van der Waals surface area (Å²) < 4.78 is 7.24. The van der Waals surface area contributed by atoms with Gasteiger partial charge in [-0.1, -0.05) is 202 Å². The van der Waals surface area contributed by atoms with E-state index in [1.54, 1.807) is 0 Å². The van der Waals surface area contributed by atoms with Gasteiger partial charge in [0.25, 0.3) is 0 Å². The minimum absolute atomic E-state index is 0.205. The van der Waals surface area contributed by atoms with Crippen molar-refractivity contribution in [3.05, 3.63) is 281 Å². The number of anilines is 3.